The van der Waals surface area contributed by atoms with Crippen LogP contribution in [0.3, 0.4) is 0 Å². The lowest BCUT2D eigenvalue weighted by Crippen LogP contribution is -2.38. The van der Waals surface area contributed by atoms with Crippen LogP contribution in [0.5, 0.6) is 0 Å². The Morgan fingerprint density at radius 3 is 3.00 bits per heavy atom. The fourth-order valence-corrected chi connectivity index (χ4v) is 2.91. The Morgan fingerprint density at radius 1 is 1.73 bits per heavy atom. The molecule has 2 rings (SSSR count). The van der Waals surface area contributed by atoms with Crippen molar-refractivity contribution in [1.82, 2.24) is 5.32 Å². The molecule has 1 aliphatic carbocycles. The minimum Gasteiger partial charge on any atom is -0.350 e. The van der Waals surface area contributed by atoms with Gasteiger partial charge < -0.3 is 11.1 Å². The van der Waals surface area contributed by atoms with Crippen molar-refractivity contribution >= 4 is 33.2 Å². The quantitative estimate of drug-likeness (QED) is 0.890. The van der Waals surface area contributed by atoms with Crippen molar-refractivity contribution in [3.05, 3.63) is 20.8 Å². The first-order valence-electron chi connectivity index (χ1n) is 4.95. The van der Waals surface area contributed by atoms with Crippen LogP contribution >= 0.6 is 27.3 Å². The van der Waals surface area contributed by atoms with Crippen LogP contribution in [0.4, 0.5) is 0 Å². The highest BCUT2D eigenvalue weighted by Gasteiger charge is 2.28. The zero-order valence-electron chi connectivity index (χ0n) is 8.20. The number of thiophene rings is 1. The van der Waals surface area contributed by atoms with Gasteiger partial charge >= 0.3 is 0 Å². The molecule has 15 heavy (non-hydrogen) atoms. The highest BCUT2D eigenvalue weighted by Crippen LogP contribution is 2.31. The minimum absolute atomic E-state index is 0.0343. The molecule has 82 valence electrons. The third-order valence-electron chi connectivity index (χ3n) is 2.55. The van der Waals surface area contributed by atoms with Gasteiger partial charge in [0.25, 0.3) is 5.91 Å². The molecule has 0 aliphatic heterocycles. The van der Waals surface area contributed by atoms with E-state index in [0.29, 0.717) is 12.5 Å². The van der Waals surface area contributed by atoms with E-state index in [1.54, 1.807) is 0 Å². The van der Waals surface area contributed by atoms with Crippen LogP contribution in [-0.2, 0) is 0 Å². The zero-order valence-corrected chi connectivity index (χ0v) is 10.6. The molecular formula is C10H13BrN2OS. The molecule has 1 fully saturated rings. The molecule has 1 atom stereocenters. The Morgan fingerprint density at radius 2 is 2.47 bits per heavy atom. The molecule has 1 aromatic rings. The number of amides is 1. The Bertz CT molecular complexity index is 362. The second-order valence-electron chi connectivity index (χ2n) is 3.81. The van der Waals surface area contributed by atoms with Crippen LogP contribution in [-0.4, -0.2) is 18.5 Å². The monoisotopic (exact) mass is 288 g/mol. The SMILES string of the molecule is NC(CNC(=O)c1sccc1Br)C1CC1. The van der Waals surface area contributed by atoms with Crippen LogP contribution < -0.4 is 11.1 Å². The van der Waals surface area contributed by atoms with Crippen molar-refractivity contribution in [3.63, 3.8) is 0 Å². The second-order valence-corrected chi connectivity index (χ2v) is 5.58. The maximum Gasteiger partial charge on any atom is 0.262 e. The number of nitrogens with two attached hydrogens (primary N) is 1. The summed E-state index contributed by atoms with van der Waals surface area (Å²) < 4.78 is 0.852. The molecule has 0 bridgehead atoms. The number of nitrogens with one attached hydrogen (secondary N) is 1. The average molecular weight is 289 g/mol. The lowest BCUT2D eigenvalue weighted by Gasteiger charge is -2.10. The lowest BCUT2D eigenvalue weighted by atomic mass is 10.2. The van der Waals surface area contributed by atoms with Crippen LogP contribution in [0.2, 0.25) is 0 Å². The van der Waals surface area contributed by atoms with Crippen molar-refractivity contribution in [2.24, 2.45) is 11.7 Å². The van der Waals surface area contributed by atoms with Crippen molar-refractivity contribution in [2.45, 2.75) is 18.9 Å². The van der Waals surface area contributed by atoms with Gasteiger partial charge in [0, 0.05) is 17.1 Å². The van der Waals surface area contributed by atoms with Crippen LogP contribution in [0, 0.1) is 5.92 Å². The molecule has 1 aromatic heterocycles. The number of rotatable bonds is 4. The number of carbonyl (C=O) groups excluding carboxylic acids is 1. The third-order valence-corrected chi connectivity index (χ3v) is 4.39. The van der Waals surface area contributed by atoms with Crippen molar-refractivity contribution < 1.29 is 4.79 Å². The lowest BCUT2D eigenvalue weighted by molar-refractivity contribution is 0.0953. The van der Waals surface area contributed by atoms with E-state index >= 15 is 0 Å². The fraction of sp³-hybridized carbons (Fsp3) is 0.500. The molecule has 1 amide bonds. The summed E-state index contributed by atoms with van der Waals surface area (Å²) in [6, 6.07) is 1.99. The van der Waals surface area contributed by atoms with Gasteiger partial charge in [-0.25, -0.2) is 0 Å². The van der Waals surface area contributed by atoms with Gasteiger partial charge in [-0.1, -0.05) is 0 Å². The molecule has 0 spiro atoms. The molecule has 1 saturated carbocycles. The standard InChI is InChI=1S/C10H13BrN2OS/c11-7-3-4-15-9(7)10(14)13-5-8(12)6-1-2-6/h3-4,6,8H,1-2,5,12H2,(H,13,14). The van der Waals surface area contributed by atoms with Gasteiger partial charge in [0.05, 0.1) is 0 Å². The van der Waals surface area contributed by atoms with Crippen molar-refractivity contribution in [1.29, 1.82) is 0 Å². The first-order valence-corrected chi connectivity index (χ1v) is 6.62. The van der Waals surface area contributed by atoms with Gasteiger partial charge in [-0.3, -0.25) is 4.79 Å². The van der Waals surface area contributed by atoms with Gasteiger partial charge in [-0.2, -0.15) is 0 Å². The molecule has 3 N–H and O–H groups in total. The highest BCUT2D eigenvalue weighted by atomic mass is 79.9. The Balaban J connectivity index is 1.84. The number of halogens is 1. The number of carbonyl (C=O) groups is 1. The van der Waals surface area contributed by atoms with E-state index < -0.39 is 0 Å². The Labute approximate surface area is 101 Å². The summed E-state index contributed by atoms with van der Waals surface area (Å²) >= 11 is 4.77. The molecule has 0 saturated heterocycles. The molecular weight excluding hydrogens is 276 g/mol. The van der Waals surface area contributed by atoms with Gasteiger partial charge in [0.2, 0.25) is 0 Å². The maximum atomic E-state index is 11.7. The minimum atomic E-state index is -0.0343. The third kappa shape index (κ3) is 2.80. The van der Waals surface area contributed by atoms with E-state index in [-0.39, 0.29) is 11.9 Å². The van der Waals surface area contributed by atoms with E-state index in [4.69, 9.17) is 5.73 Å². The van der Waals surface area contributed by atoms with Gasteiger partial charge in [-0.15, -0.1) is 11.3 Å². The predicted octanol–water partition coefficient (Wildman–Crippen LogP) is 1.98. The van der Waals surface area contributed by atoms with Crippen LogP contribution in [0.15, 0.2) is 15.9 Å². The number of hydrogen-bond acceptors (Lipinski definition) is 3. The zero-order chi connectivity index (χ0) is 10.8. The molecule has 0 aromatic carbocycles. The van der Waals surface area contributed by atoms with Gasteiger partial charge in [0.1, 0.15) is 4.88 Å². The smallest absolute Gasteiger partial charge is 0.262 e. The summed E-state index contributed by atoms with van der Waals surface area (Å²) in [5, 5.41) is 4.75. The predicted molar refractivity (Wildman–Crippen MR) is 65.1 cm³/mol. The summed E-state index contributed by atoms with van der Waals surface area (Å²) in [4.78, 5) is 12.4. The molecule has 1 heterocycles. The van der Waals surface area contributed by atoms with E-state index in [1.165, 1.54) is 24.2 Å². The summed E-state index contributed by atoms with van der Waals surface area (Å²) in [6.45, 7) is 0.577. The Kier molecular flexibility index (Phi) is 3.43. The summed E-state index contributed by atoms with van der Waals surface area (Å²) in [5.74, 6) is 0.588. The van der Waals surface area contributed by atoms with Gasteiger partial charge in [0.15, 0.2) is 0 Å². The van der Waals surface area contributed by atoms with Crippen molar-refractivity contribution in [2.75, 3.05) is 6.54 Å². The second kappa shape index (κ2) is 4.63. The van der Waals surface area contributed by atoms with E-state index in [2.05, 4.69) is 21.2 Å². The Hall–Kier alpha value is -0.390. The highest BCUT2D eigenvalue weighted by molar-refractivity contribution is 9.10. The first kappa shape index (κ1) is 11.1. The molecule has 5 heteroatoms. The van der Waals surface area contributed by atoms with Crippen LogP contribution in [0.25, 0.3) is 0 Å². The van der Waals surface area contributed by atoms with E-state index in [9.17, 15) is 4.79 Å². The molecule has 1 unspecified atom stereocenters. The molecule has 3 nitrogen and oxygen atoms in total. The first-order chi connectivity index (χ1) is 7.18. The molecule has 0 radical (unpaired) electrons. The number of hydrogen-bond donors (Lipinski definition) is 2. The topological polar surface area (TPSA) is 55.1 Å². The summed E-state index contributed by atoms with van der Waals surface area (Å²) in [7, 11) is 0. The van der Waals surface area contributed by atoms with Crippen molar-refractivity contribution in [3.8, 4) is 0 Å². The normalized spacial score (nSPS) is 17.5. The summed E-state index contributed by atoms with van der Waals surface area (Å²) in [5.41, 5.74) is 5.90. The maximum absolute atomic E-state index is 11.7. The largest absolute Gasteiger partial charge is 0.350 e. The summed E-state index contributed by atoms with van der Waals surface area (Å²) in [6.07, 6.45) is 2.42. The van der Waals surface area contributed by atoms with Gasteiger partial charge in [-0.05, 0) is 46.1 Å². The van der Waals surface area contributed by atoms with Crippen LogP contribution in [0.1, 0.15) is 22.5 Å². The van der Waals surface area contributed by atoms with E-state index in [1.807, 2.05) is 11.4 Å². The average Bonchev–Trinajstić information content (AvgIpc) is 2.98. The molecule has 1 aliphatic rings. The fourth-order valence-electron chi connectivity index (χ4n) is 1.44. The van der Waals surface area contributed by atoms with E-state index in [0.717, 1.165) is 9.35 Å².